The van der Waals surface area contributed by atoms with E-state index in [9.17, 15) is 0 Å². The number of rotatable bonds is 2. The molecule has 19 heavy (non-hydrogen) atoms. The zero-order valence-electron chi connectivity index (χ0n) is 11.2. The molecule has 1 aromatic heterocycles. The average molecular weight is 257 g/mol. The van der Waals surface area contributed by atoms with E-state index >= 15 is 0 Å². The lowest BCUT2D eigenvalue weighted by Gasteiger charge is -2.30. The number of likely N-dealkylation sites (tertiary alicyclic amines) is 1. The number of anilines is 1. The van der Waals surface area contributed by atoms with Crippen LogP contribution < -0.4 is 5.73 Å². The number of nitrogens with zero attached hydrogens (tertiary/aromatic N) is 2. The molecule has 1 aliphatic rings. The van der Waals surface area contributed by atoms with E-state index in [4.69, 9.17) is 10.3 Å². The van der Waals surface area contributed by atoms with E-state index in [1.165, 1.54) is 18.4 Å². The van der Waals surface area contributed by atoms with Crippen LogP contribution in [0, 0.1) is 0 Å². The number of hydrogen-bond acceptors (Lipinski definition) is 4. The molecule has 0 unspecified atom stereocenters. The van der Waals surface area contributed by atoms with E-state index in [0.717, 1.165) is 24.3 Å². The standard InChI is InChI=1S/C15H19N3O/c1-18-8-6-11(7-9-18)12-4-2-3-5-13(12)14-10-15(16)19-17-14/h2-5,10-11H,6-9,16H2,1H3. The Hall–Kier alpha value is -1.81. The molecule has 0 saturated carbocycles. The molecule has 1 fully saturated rings. The fourth-order valence-corrected chi connectivity index (χ4v) is 2.82. The van der Waals surface area contributed by atoms with Gasteiger partial charge in [0.1, 0.15) is 5.69 Å². The Morgan fingerprint density at radius 2 is 2.00 bits per heavy atom. The van der Waals surface area contributed by atoms with E-state index in [1.54, 1.807) is 6.07 Å². The van der Waals surface area contributed by atoms with Gasteiger partial charge in [-0.3, -0.25) is 0 Å². The maximum Gasteiger partial charge on any atom is 0.222 e. The van der Waals surface area contributed by atoms with Gasteiger partial charge in [-0.05, 0) is 44.5 Å². The van der Waals surface area contributed by atoms with E-state index in [-0.39, 0.29) is 0 Å². The van der Waals surface area contributed by atoms with Gasteiger partial charge in [-0.1, -0.05) is 29.4 Å². The highest BCUT2D eigenvalue weighted by Gasteiger charge is 2.21. The van der Waals surface area contributed by atoms with Gasteiger partial charge in [0.2, 0.25) is 5.88 Å². The van der Waals surface area contributed by atoms with Crippen LogP contribution in [-0.2, 0) is 0 Å². The van der Waals surface area contributed by atoms with Crippen molar-refractivity contribution < 1.29 is 4.52 Å². The molecule has 0 aliphatic carbocycles. The number of nitrogen functional groups attached to an aromatic ring is 1. The molecule has 0 atom stereocenters. The van der Waals surface area contributed by atoms with E-state index in [1.807, 2.05) is 6.07 Å². The van der Waals surface area contributed by atoms with Crippen LogP contribution in [0.5, 0.6) is 0 Å². The molecule has 0 radical (unpaired) electrons. The summed E-state index contributed by atoms with van der Waals surface area (Å²) in [5, 5.41) is 4.05. The summed E-state index contributed by atoms with van der Waals surface area (Å²) < 4.78 is 5.00. The minimum atomic E-state index is 0.369. The number of aromatic nitrogens is 1. The van der Waals surface area contributed by atoms with Gasteiger partial charge < -0.3 is 15.2 Å². The highest BCUT2D eigenvalue weighted by molar-refractivity contribution is 5.66. The van der Waals surface area contributed by atoms with Crippen molar-refractivity contribution in [1.29, 1.82) is 0 Å². The predicted octanol–water partition coefficient (Wildman–Crippen LogP) is 2.73. The minimum absolute atomic E-state index is 0.369. The number of benzene rings is 1. The van der Waals surface area contributed by atoms with Crippen LogP contribution in [0.3, 0.4) is 0 Å². The molecule has 2 N–H and O–H groups in total. The third-order valence-corrected chi connectivity index (χ3v) is 3.92. The van der Waals surface area contributed by atoms with Gasteiger partial charge in [-0.25, -0.2) is 0 Å². The van der Waals surface area contributed by atoms with Gasteiger partial charge in [0.05, 0.1) is 0 Å². The van der Waals surface area contributed by atoms with Crippen LogP contribution in [0.1, 0.15) is 24.3 Å². The van der Waals surface area contributed by atoms with E-state index < -0.39 is 0 Å². The summed E-state index contributed by atoms with van der Waals surface area (Å²) in [4.78, 5) is 2.38. The summed E-state index contributed by atoms with van der Waals surface area (Å²) in [6, 6.07) is 10.2. The summed E-state index contributed by atoms with van der Waals surface area (Å²) in [6.07, 6.45) is 2.39. The second-order valence-corrected chi connectivity index (χ2v) is 5.28. The first-order valence-electron chi connectivity index (χ1n) is 6.74. The van der Waals surface area contributed by atoms with Crippen LogP contribution in [0.2, 0.25) is 0 Å². The van der Waals surface area contributed by atoms with Crippen molar-refractivity contribution in [1.82, 2.24) is 10.1 Å². The maximum absolute atomic E-state index is 5.63. The molecule has 1 saturated heterocycles. The van der Waals surface area contributed by atoms with Gasteiger partial charge in [-0.15, -0.1) is 0 Å². The molecule has 0 bridgehead atoms. The average Bonchev–Trinajstić information content (AvgIpc) is 2.86. The van der Waals surface area contributed by atoms with Crippen molar-refractivity contribution in [3.63, 3.8) is 0 Å². The molecule has 4 heteroatoms. The monoisotopic (exact) mass is 257 g/mol. The molecule has 2 aromatic rings. The van der Waals surface area contributed by atoms with Gasteiger partial charge in [0.25, 0.3) is 0 Å². The normalized spacial score (nSPS) is 17.7. The van der Waals surface area contributed by atoms with Crippen LogP contribution in [0.4, 0.5) is 5.88 Å². The number of hydrogen-bond donors (Lipinski definition) is 1. The van der Waals surface area contributed by atoms with Crippen molar-refractivity contribution in [2.75, 3.05) is 25.9 Å². The zero-order valence-corrected chi connectivity index (χ0v) is 11.2. The van der Waals surface area contributed by atoms with Gasteiger partial charge in [0.15, 0.2) is 0 Å². The lowest BCUT2D eigenvalue weighted by atomic mass is 9.86. The molecule has 0 spiro atoms. The molecular weight excluding hydrogens is 238 g/mol. The Labute approximate surface area is 113 Å². The van der Waals surface area contributed by atoms with Crippen LogP contribution in [0.25, 0.3) is 11.3 Å². The maximum atomic E-state index is 5.63. The van der Waals surface area contributed by atoms with Crippen molar-refractivity contribution in [3.05, 3.63) is 35.9 Å². The highest BCUT2D eigenvalue weighted by Crippen LogP contribution is 2.34. The quantitative estimate of drug-likeness (QED) is 0.898. The highest BCUT2D eigenvalue weighted by atomic mass is 16.5. The second-order valence-electron chi connectivity index (χ2n) is 5.28. The first kappa shape index (κ1) is 12.2. The van der Waals surface area contributed by atoms with Crippen molar-refractivity contribution >= 4 is 5.88 Å². The Morgan fingerprint density at radius 3 is 2.68 bits per heavy atom. The third-order valence-electron chi connectivity index (χ3n) is 3.92. The first-order chi connectivity index (χ1) is 9.24. The first-order valence-corrected chi connectivity index (χ1v) is 6.74. The largest absolute Gasteiger partial charge is 0.368 e. The number of nitrogens with two attached hydrogens (primary N) is 1. The molecule has 100 valence electrons. The fraction of sp³-hybridized carbons (Fsp3) is 0.400. The SMILES string of the molecule is CN1CCC(c2ccccc2-c2cc(N)on2)CC1. The van der Waals surface area contributed by atoms with Crippen molar-refractivity contribution in [2.24, 2.45) is 0 Å². The Balaban J connectivity index is 1.93. The van der Waals surface area contributed by atoms with Gasteiger partial charge in [0, 0.05) is 11.6 Å². The molecule has 1 aliphatic heterocycles. The van der Waals surface area contributed by atoms with Crippen LogP contribution >= 0.6 is 0 Å². The Kier molecular flexibility index (Phi) is 3.25. The second kappa shape index (κ2) is 5.05. The summed E-state index contributed by atoms with van der Waals surface area (Å²) in [5.74, 6) is 0.971. The Bertz CT molecular complexity index is 556. The molecule has 2 heterocycles. The third kappa shape index (κ3) is 2.49. The summed E-state index contributed by atoms with van der Waals surface area (Å²) >= 11 is 0. The summed E-state index contributed by atoms with van der Waals surface area (Å²) in [6.45, 7) is 2.31. The van der Waals surface area contributed by atoms with Gasteiger partial charge >= 0.3 is 0 Å². The summed E-state index contributed by atoms with van der Waals surface area (Å²) in [5.41, 5.74) is 8.98. The van der Waals surface area contributed by atoms with Gasteiger partial charge in [-0.2, -0.15) is 0 Å². The molecule has 1 aromatic carbocycles. The molecular formula is C15H19N3O. The lowest BCUT2D eigenvalue weighted by Crippen LogP contribution is -2.29. The fourth-order valence-electron chi connectivity index (χ4n) is 2.82. The smallest absolute Gasteiger partial charge is 0.222 e. The molecule has 3 rings (SSSR count). The topological polar surface area (TPSA) is 55.3 Å². The van der Waals surface area contributed by atoms with E-state index in [0.29, 0.717) is 11.8 Å². The molecule has 0 amide bonds. The zero-order chi connectivity index (χ0) is 13.2. The predicted molar refractivity (Wildman–Crippen MR) is 75.8 cm³/mol. The molecule has 4 nitrogen and oxygen atoms in total. The van der Waals surface area contributed by atoms with Crippen molar-refractivity contribution in [2.45, 2.75) is 18.8 Å². The van der Waals surface area contributed by atoms with Crippen LogP contribution in [-0.4, -0.2) is 30.2 Å². The Morgan fingerprint density at radius 1 is 1.26 bits per heavy atom. The number of piperidine rings is 1. The van der Waals surface area contributed by atoms with Crippen molar-refractivity contribution in [3.8, 4) is 11.3 Å². The minimum Gasteiger partial charge on any atom is -0.368 e. The van der Waals surface area contributed by atoms with Crippen LogP contribution in [0.15, 0.2) is 34.9 Å². The van der Waals surface area contributed by atoms with E-state index in [2.05, 4.69) is 35.3 Å². The summed E-state index contributed by atoms with van der Waals surface area (Å²) in [7, 11) is 2.18. The lowest BCUT2D eigenvalue weighted by molar-refractivity contribution is 0.255.